The average molecular weight is 277 g/mol. The Morgan fingerprint density at radius 1 is 1.25 bits per heavy atom. The van der Waals surface area contributed by atoms with Crippen molar-refractivity contribution in [2.75, 3.05) is 0 Å². The largest absolute Gasteiger partial charge is 0.508 e. The molecule has 0 unspecified atom stereocenters. The van der Waals surface area contributed by atoms with Crippen LogP contribution in [0.3, 0.4) is 0 Å². The summed E-state index contributed by atoms with van der Waals surface area (Å²) < 4.78 is 0. The molecule has 1 rings (SSSR count). The Morgan fingerprint density at radius 2 is 1.85 bits per heavy atom. The highest BCUT2D eigenvalue weighted by Gasteiger charge is 2.22. The molecular formula is C16H23NO3. The molecule has 1 aromatic rings. The number of phenols is 1. The van der Waals surface area contributed by atoms with Gasteiger partial charge in [-0.3, -0.25) is 9.59 Å². The first-order valence-electron chi connectivity index (χ1n) is 7.01. The standard InChI is InChI=1S/C16H23NO3/c1-4-11(2)16(12(3)18)17-15(20)10-7-13-5-8-14(19)9-6-13/h5-6,8-9,11,16,19H,4,7,10H2,1-3H3,(H,17,20)/t11-,16-/m0/s1. The Morgan fingerprint density at radius 3 is 2.35 bits per heavy atom. The normalized spacial score (nSPS) is 13.6. The van der Waals surface area contributed by atoms with Crippen LogP contribution in [0.4, 0.5) is 0 Å². The van der Waals surface area contributed by atoms with Gasteiger partial charge in [-0.15, -0.1) is 0 Å². The smallest absolute Gasteiger partial charge is 0.220 e. The van der Waals surface area contributed by atoms with Crippen molar-refractivity contribution in [3.05, 3.63) is 29.8 Å². The lowest BCUT2D eigenvalue weighted by atomic mass is 9.96. The van der Waals surface area contributed by atoms with Crippen molar-refractivity contribution >= 4 is 11.7 Å². The van der Waals surface area contributed by atoms with E-state index in [9.17, 15) is 14.7 Å². The Balaban J connectivity index is 2.49. The monoisotopic (exact) mass is 277 g/mol. The number of rotatable bonds is 7. The predicted octanol–water partition coefficient (Wildman–Crippen LogP) is 2.44. The van der Waals surface area contributed by atoms with Gasteiger partial charge in [-0.05, 0) is 37.0 Å². The van der Waals surface area contributed by atoms with Gasteiger partial charge in [0.15, 0.2) is 5.78 Å². The number of carbonyl (C=O) groups excluding carboxylic acids is 2. The molecule has 0 radical (unpaired) electrons. The Labute approximate surface area is 120 Å². The van der Waals surface area contributed by atoms with Crippen molar-refractivity contribution in [2.45, 2.75) is 46.1 Å². The van der Waals surface area contributed by atoms with Gasteiger partial charge in [0.25, 0.3) is 0 Å². The molecule has 0 spiro atoms. The maximum atomic E-state index is 11.9. The lowest BCUT2D eigenvalue weighted by molar-refractivity contribution is -0.127. The van der Waals surface area contributed by atoms with Gasteiger partial charge in [0, 0.05) is 6.42 Å². The van der Waals surface area contributed by atoms with Crippen LogP contribution in [0.25, 0.3) is 0 Å². The summed E-state index contributed by atoms with van der Waals surface area (Å²) in [5.41, 5.74) is 0.987. The van der Waals surface area contributed by atoms with E-state index in [2.05, 4.69) is 5.32 Å². The number of Topliss-reactive ketones (excluding diaryl/α,β-unsaturated/α-hetero) is 1. The van der Waals surface area contributed by atoms with Crippen LogP contribution in [0.1, 0.15) is 39.2 Å². The third-order valence-electron chi connectivity index (χ3n) is 3.54. The van der Waals surface area contributed by atoms with E-state index in [4.69, 9.17) is 0 Å². The third-order valence-corrected chi connectivity index (χ3v) is 3.54. The van der Waals surface area contributed by atoms with Gasteiger partial charge in [-0.1, -0.05) is 32.4 Å². The molecule has 0 aliphatic rings. The summed E-state index contributed by atoms with van der Waals surface area (Å²) in [5.74, 6) is 0.243. The first-order valence-corrected chi connectivity index (χ1v) is 7.01. The molecule has 1 aromatic carbocycles. The van der Waals surface area contributed by atoms with Crippen molar-refractivity contribution in [3.63, 3.8) is 0 Å². The Kier molecular flexibility index (Phi) is 6.22. The molecule has 1 amide bonds. The molecule has 0 saturated heterocycles. The van der Waals surface area contributed by atoms with Crippen molar-refractivity contribution in [3.8, 4) is 5.75 Å². The Hall–Kier alpha value is -1.84. The summed E-state index contributed by atoms with van der Waals surface area (Å²) in [4.78, 5) is 23.5. The SMILES string of the molecule is CC[C@H](C)[C@H](NC(=O)CCc1ccc(O)cc1)C(C)=O. The van der Waals surface area contributed by atoms with Crippen LogP contribution in [0, 0.1) is 5.92 Å². The minimum atomic E-state index is -0.396. The first-order chi connectivity index (χ1) is 9.43. The van der Waals surface area contributed by atoms with Gasteiger partial charge in [0.2, 0.25) is 5.91 Å². The second-order valence-corrected chi connectivity index (χ2v) is 5.21. The highest BCUT2D eigenvalue weighted by Crippen LogP contribution is 2.12. The molecule has 0 aliphatic carbocycles. The molecule has 110 valence electrons. The van der Waals surface area contributed by atoms with Gasteiger partial charge < -0.3 is 10.4 Å². The highest BCUT2D eigenvalue weighted by molar-refractivity contribution is 5.87. The molecule has 0 saturated carbocycles. The first kappa shape index (κ1) is 16.2. The van der Waals surface area contributed by atoms with Crippen LogP contribution < -0.4 is 5.32 Å². The van der Waals surface area contributed by atoms with Crippen molar-refractivity contribution < 1.29 is 14.7 Å². The number of phenolic OH excluding ortho intramolecular Hbond substituents is 1. The van der Waals surface area contributed by atoms with Gasteiger partial charge in [-0.25, -0.2) is 0 Å². The summed E-state index contributed by atoms with van der Waals surface area (Å²) in [6.07, 6.45) is 1.78. The van der Waals surface area contributed by atoms with E-state index < -0.39 is 6.04 Å². The third kappa shape index (κ3) is 5.03. The van der Waals surface area contributed by atoms with E-state index in [1.165, 1.54) is 6.92 Å². The minimum Gasteiger partial charge on any atom is -0.508 e. The van der Waals surface area contributed by atoms with Crippen LogP contribution in [-0.2, 0) is 16.0 Å². The van der Waals surface area contributed by atoms with Crippen LogP contribution in [0.15, 0.2) is 24.3 Å². The zero-order valence-corrected chi connectivity index (χ0v) is 12.3. The number of aryl methyl sites for hydroxylation is 1. The van der Waals surface area contributed by atoms with E-state index in [1.54, 1.807) is 24.3 Å². The van der Waals surface area contributed by atoms with Crippen molar-refractivity contribution in [1.29, 1.82) is 0 Å². The van der Waals surface area contributed by atoms with Gasteiger partial charge in [0.05, 0.1) is 6.04 Å². The lowest BCUT2D eigenvalue weighted by Crippen LogP contribution is -2.44. The molecule has 2 atom stereocenters. The predicted molar refractivity (Wildman–Crippen MR) is 78.5 cm³/mol. The van der Waals surface area contributed by atoms with E-state index in [1.807, 2.05) is 13.8 Å². The number of amides is 1. The number of nitrogens with one attached hydrogen (secondary N) is 1. The lowest BCUT2D eigenvalue weighted by Gasteiger charge is -2.21. The number of carbonyl (C=O) groups is 2. The average Bonchev–Trinajstić information content (AvgIpc) is 2.43. The van der Waals surface area contributed by atoms with Crippen LogP contribution in [0.2, 0.25) is 0 Å². The second kappa shape index (κ2) is 7.68. The fourth-order valence-electron chi connectivity index (χ4n) is 2.05. The zero-order chi connectivity index (χ0) is 15.1. The molecule has 20 heavy (non-hydrogen) atoms. The zero-order valence-electron chi connectivity index (χ0n) is 12.3. The van der Waals surface area contributed by atoms with Crippen molar-refractivity contribution in [1.82, 2.24) is 5.32 Å². The van der Waals surface area contributed by atoms with Gasteiger partial charge in [0.1, 0.15) is 5.75 Å². The molecule has 0 heterocycles. The van der Waals surface area contributed by atoms with Gasteiger partial charge >= 0.3 is 0 Å². The van der Waals surface area contributed by atoms with E-state index in [0.29, 0.717) is 12.8 Å². The number of ketones is 1. The van der Waals surface area contributed by atoms with Crippen LogP contribution >= 0.6 is 0 Å². The molecule has 4 heteroatoms. The molecule has 0 fully saturated rings. The maximum absolute atomic E-state index is 11.9. The van der Waals surface area contributed by atoms with Crippen LogP contribution in [0.5, 0.6) is 5.75 Å². The molecule has 2 N–H and O–H groups in total. The van der Waals surface area contributed by atoms with Crippen LogP contribution in [-0.4, -0.2) is 22.8 Å². The fourth-order valence-corrected chi connectivity index (χ4v) is 2.05. The maximum Gasteiger partial charge on any atom is 0.220 e. The van der Waals surface area contributed by atoms with Gasteiger partial charge in [-0.2, -0.15) is 0 Å². The van der Waals surface area contributed by atoms with E-state index in [-0.39, 0.29) is 23.4 Å². The van der Waals surface area contributed by atoms with E-state index >= 15 is 0 Å². The van der Waals surface area contributed by atoms with Crippen molar-refractivity contribution in [2.24, 2.45) is 5.92 Å². The topological polar surface area (TPSA) is 66.4 Å². The summed E-state index contributed by atoms with van der Waals surface area (Å²) in [6.45, 7) is 5.48. The molecule has 0 aliphatic heterocycles. The number of benzene rings is 1. The van der Waals surface area contributed by atoms with E-state index in [0.717, 1.165) is 12.0 Å². The quantitative estimate of drug-likeness (QED) is 0.804. The summed E-state index contributed by atoms with van der Waals surface area (Å²) in [6, 6.07) is 6.39. The molecule has 4 nitrogen and oxygen atoms in total. The molecular weight excluding hydrogens is 254 g/mol. The number of aromatic hydroxyl groups is 1. The summed E-state index contributed by atoms with van der Waals surface area (Å²) >= 11 is 0. The highest BCUT2D eigenvalue weighted by atomic mass is 16.3. The number of hydrogen-bond acceptors (Lipinski definition) is 3. The minimum absolute atomic E-state index is 0.00247. The summed E-state index contributed by atoms with van der Waals surface area (Å²) in [5, 5.41) is 12.0. The summed E-state index contributed by atoms with van der Waals surface area (Å²) in [7, 11) is 0. The second-order valence-electron chi connectivity index (χ2n) is 5.21. The molecule has 0 bridgehead atoms. The Bertz CT molecular complexity index is 453. The fraction of sp³-hybridized carbons (Fsp3) is 0.500. The number of hydrogen-bond donors (Lipinski definition) is 2. The molecule has 0 aromatic heterocycles.